The Hall–Kier alpha value is -1.84. The summed E-state index contributed by atoms with van der Waals surface area (Å²) >= 11 is 0. The van der Waals surface area contributed by atoms with Gasteiger partial charge in [0.2, 0.25) is 0 Å². The number of rotatable bonds is 1. The lowest BCUT2D eigenvalue weighted by atomic mass is 9.96. The van der Waals surface area contributed by atoms with E-state index in [-0.39, 0.29) is 0 Å². The van der Waals surface area contributed by atoms with Crippen LogP contribution in [0.25, 0.3) is 17.3 Å². The fraction of sp³-hybridized carbons (Fsp3) is 0.143. The second-order valence-corrected chi connectivity index (χ2v) is 4.61. The van der Waals surface area contributed by atoms with Gasteiger partial charge in [-0.05, 0) is 23.3 Å². The molecule has 17 heavy (non-hydrogen) atoms. The summed E-state index contributed by atoms with van der Waals surface area (Å²) in [5, 5.41) is 0. The molecule has 0 aliphatic heterocycles. The molecule has 3 rings (SSSR count). The first-order valence-corrected chi connectivity index (χ1v) is 5.68. The molecule has 0 saturated heterocycles. The Morgan fingerprint density at radius 1 is 1.12 bits per heavy atom. The van der Waals surface area contributed by atoms with E-state index in [9.17, 15) is 0 Å². The van der Waals surface area contributed by atoms with Gasteiger partial charge in [0.25, 0.3) is 0 Å². The molecule has 3 nitrogen and oxygen atoms in total. The van der Waals surface area contributed by atoms with Gasteiger partial charge in [-0.2, -0.15) is 0 Å². The number of nitrogens with two attached hydrogens (primary N) is 2. The van der Waals surface area contributed by atoms with E-state index in [1.165, 1.54) is 11.1 Å². The standard InChI is InChI=1S/C14H15N3/c15-14(16)7-6-11-8-12(17-13(11)9-14)10-4-2-1-3-5-10/h1-8,17H,9,15-16H2. The molecule has 1 aliphatic rings. The van der Waals surface area contributed by atoms with Crippen molar-refractivity contribution in [2.45, 2.75) is 12.1 Å². The predicted molar refractivity (Wildman–Crippen MR) is 70.1 cm³/mol. The fourth-order valence-corrected chi connectivity index (χ4v) is 2.19. The van der Waals surface area contributed by atoms with Gasteiger partial charge in [-0.1, -0.05) is 36.4 Å². The second-order valence-electron chi connectivity index (χ2n) is 4.61. The summed E-state index contributed by atoms with van der Waals surface area (Å²) in [6.07, 6.45) is 4.49. The minimum absolute atomic E-state index is 0.645. The zero-order valence-corrected chi connectivity index (χ0v) is 9.48. The third kappa shape index (κ3) is 1.90. The maximum Gasteiger partial charge on any atom is 0.0887 e. The number of fused-ring (bicyclic) bond motifs is 1. The van der Waals surface area contributed by atoms with Gasteiger partial charge < -0.3 is 16.5 Å². The molecule has 0 saturated carbocycles. The number of hydrogen-bond acceptors (Lipinski definition) is 2. The van der Waals surface area contributed by atoms with Crippen molar-refractivity contribution >= 4 is 6.08 Å². The highest BCUT2D eigenvalue weighted by Gasteiger charge is 2.23. The molecule has 5 N–H and O–H groups in total. The molecule has 1 heterocycles. The molecule has 1 aromatic carbocycles. The smallest absolute Gasteiger partial charge is 0.0887 e. The largest absolute Gasteiger partial charge is 0.358 e. The van der Waals surface area contributed by atoms with Crippen LogP contribution in [0.5, 0.6) is 0 Å². The number of nitrogens with one attached hydrogen (secondary N) is 1. The van der Waals surface area contributed by atoms with Crippen LogP contribution in [0, 0.1) is 0 Å². The van der Waals surface area contributed by atoms with Gasteiger partial charge in [0.05, 0.1) is 5.66 Å². The van der Waals surface area contributed by atoms with E-state index >= 15 is 0 Å². The number of aromatic nitrogens is 1. The predicted octanol–water partition coefficient (Wildman–Crippen LogP) is 1.86. The summed E-state index contributed by atoms with van der Waals surface area (Å²) in [6, 6.07) is 12.4. The maximum atomic E-state index is 5.91. The van der Waals surface area contributed by atoms with E-state index < -0.39 is 5.66 Å². The van der Waals surface area contributed by atoms with Crippen LogP contribution >= 0.6 is 0 Å². The first-order valence-electron chi connectivity index (χ1n) is 5.68. The SMILES string of the molecule is NC1(N)C=Cc2cc(-c3ccccc3)[nH]c2C1. The fourth-order valence-electron chi connectivity index (χ4n) is 2.19. The molecular formula is C14H15N3. The number of benzene rings is 1. The highest BCUT2D eigenvalue weighted by atomic mass is 15.0. The number of hydrogen-bond donors (Lipinski definition) is 3. The van der Waals surface area contributed by atoms with Gasteiger partial charge in [-0.25, -0.2) is 0 Å². The first kappa shape index (κ1) is 10.3. The van der Waals surface area contributed by atoms with Crippen LogP contribution in [-0.2, 0) is 6.42 Å². The molecule has 1 aliphatic carbocycles. The average Bonchev–Trinajstić information content (AvgIpc) is 2.71. The average molecular weight is 225 g/mol. The van der Waals surface area contributed by atoms with E-state index in [2.05, 4.69) is 23.2 Å². The van der Waals surface area contributed by atoms with Gasteiger partial charge in [-0.3, -0.25) is 0 Å². The molecule has 0 fully saturated rings. The molecule has 3 heteroatoms. The topological polar surface area (TPSA) is 67.8 Å². The minimum Gasteiger partial charge on any atom is -0.358 e. The minimum atomic E-state index is -0.730. The van der Waals surface area contributed by atoms with Crippen LogP contribution < -0.4 is 11.5 Å². The van der Waals surface area contributed by atoms with Crippen LogP contribution in [0.2, 0.25) is 0 Å². The summed E-state index contributed by atoms with van der Waals surface area (Å²) in [5.74, 6) is 0. The third-order valence-corrected chi connectivity index (χ3v) is 3.07. The summed E-state index contributed by atoms with van der Waals surface area (Å²) < 4.78 is 0. The van der Waals surface area contributed by atoms with Crippen molar-refractivity contribution in [3.63, 3.8) is 0 Å². The Labute approximate surface area is 100 Å². The summed E-state index contributed by atoms with van der Waals surface area (Å²) in [4.78, 5) is 3.39. The lowest BCUT2D eigenvalue weighted by Crippen LogP contribution is -2.50. The zero-order chi connectivity index (χ0) is 11.9. The molecule has 0 spiro atoms. The van der Waals surface area contributed by atoms with Crippen molar-refractivity contribution in [3.05, 3.63) is 53.7 Å². The molecule has 2 aromatic rings. The summed E-state index contributed by atoms with van der Waals surface area (Å²) in [5.41, 5.74) is 15.7. The molecule has 0 atom stereocenters. The monoisotopic (exact) mass is 225 g/mol. The van der Waals surface area contributed by atoms with Crippen molar-refractivity contribution in [1.29, 1.82) is 0 Å². The summed E-state index contributed by atoms with van der Waals surface area (Å²) in [7, 11) is 0. The van der Waals surface area contributed by atoms with Gasteiger partial charge in [-0.15, -0.1) is 0 Å². The molecule has 0 amide bonds. The molecule has 1 aromatic heterocycles. The molecule has 0 bridgehead atoms. The molecule has 0 radical (unpaired) electrons. The Balaban J connectivity index is 2.03. The van der Waals surface area contributed by atoms with E-state index in [1.54, 1.807) is 0 Å². The van der Waals surface area contributed by atoms with Crippen LogP contribution in [0.15, 0.2) is 42.5 Å². The van der Waals surface area contributed by atoms with Crippen LogP contribution in [0.1, 0.15) is 11.3 Å². The zero-order valence-electron chi connectivity index (χ0n) is 9.48. The Morgan fingerprint density at radius 3 is 2.65 bits per heavy atom. The lowest BCUT2D eigenvalue weighted by Gasteiger charge is -2.23. The molecular weight excluding hydrogens is 210 g/mol. The molecule has 0 unspecified atom stereocenters. The van der Waals surface area contributed by atoms with Gasteiger partial charge in [0, 0.05) is 17.8 Å². The first-order chi connectivity index (χ1) is 8.14. The van der Waals surface area contributed by atoms with Gasteiger partial charge in [0.1, 0.15) is 0 Å². The van der Waals surface area contributed by atoms with Crippen LogP contribution in [0.3, 0.4) is 0 Å². The van der Waals surface area contributed by atoms with Crippen molar-refractivity contribution < 1.29 is 0 Å². The van der Waals surface area contributed by atoms with Crippen molar-refractivity contribution in [2.75, 3.05) is 0 Å². The second kappa shape index (κ2) is 3.58. The number of aromatic amines is 1. The van der Waals surface area contributed by atoms with Gasteiger partial charge in [0.15, 0.2) is 0 Å². The van der Waals surface area contributed by atoms with Crippen molar-refractivity contribution in [1.82, 2.24) is 4.98 Å². The van der Waals surface area contributed by atoms with Crippen LogP contribution in [-0.4, -0.2) is 10.6 Å². The van der Waals surface area contributed by atoms with E-state index in [0.717, 1.165) is 11.4 Å². The van der Waals surface area contributed by atoms with E-state index in [4.69, 9.17) is 11.5 Å². The normalized spacial score (nSPS) is 16.8. The summed E-state index contributed by atoms with van der Waals surface area (Å²) in [6.45, 7) is 0. The Bertz CT molecular complexity index is 564. The van der Waals surface area contributed by atoms with Crippen LogP contribution in [0.4, 0.5) is 0 Å². The lowest BCUT2D eigenvalue weighted by molar-refractivity contribution is 0.541. The highest BCUT2D eigenvalue weighted by Crippen LogP contribution is 2.27. The van der Waals surface area contributed by atoms with E-state index in [0.29, 0.717) is 6.42 Å². The molecule has 86 valence electrons. The van der Waals surface area contributed by atoms with Crippen molar-refractivity contribution in [3.8, 4) is 11.3 Å². The van der Waals surface area contributed by atoms with Gasteiger partial charge >= 0.3 is 0 Å². The Kier molecular flexibility index (Phi) is 2.18. The van der Waals surface area contributed by atoms with Crippen molar-refractivity contribution in [2.24, 2.45) is 11.5 Å². The Morgan fingerprint density at radius 2 is 1.88 bits per heavy atom. The highest BCUT2D eigenvalue weighted by molar-refractivity contribution is 5.68. The number of H-pyrrole nitrogens is 1. The quantitative estimate of drug-likeness (QED) is 0.648. The third-order valence-electron chi connectivity index (χ3n) is 3.07. The maximum absolute atomic E-state index is 5.91. The van der Waals surface area contributed by atoms with E-state index in [1.807, 2.05) is 30.4 Å².